The molecule has 2 heteroatoms. The summed E-state index contributed by atoms with van der Waals surface area (Å²) in [7, 11) is 0. The SMILES string of the molecule is CCC=NC(O)CCCCCCCCC. The van der Waals surface area contributed by atoms with Gasteiger partial charge in [0.15, 0.2) is 0 Å². The zero-order valence-electron chi connectivity index (χ0n) is 10.4. The first-order valence-electron chi connectivity index (χ1n) is 6.51. The highest BCUT2D eigenvalue weighted by Crippen LogP contribution is 2.09. The summed E-state index contributed by atoms with van der Waals surface area (Å²) in [6.45, 7) is 4.27. The second-order valence-electron chi connectivity index (χ2n) is 4.13. The number of unbranched alkanes of at least 4 members (excludes halogenated alkanes) is 6. The Morgan fingerprint density at radius 3 is 2.20 bits per heavy atom. The van der Waals surface area contributed by atoms with E-state index in [1.165, 1.54) is 38.5 Å². The summed E-state index contributed by atoms with van der Waals surface area (Å²) in [6.07, 6.45) is 12.1. The van der Waals surface area contributed by atoms with Gasteiger partial charge in [0.25, 0.3) is 0 Å². The van der Waals surface area contributed by atoms with Crippen LogP contribution >= 0.6 is 0 Å². The number of hydrogen-bond acceptors (Lipinski definition) is 2. The maximum absolute atomic E-state index is 9.42. The van der Waals surface area contributed by atoms with Gasteiger partial charge in [-0.15, -0.1) is 0 Å². The predicted octanol–water partition coefficient (Wildman–Crippen LogP) is 3.93. The van der Waals surface area contributed by atoms with Crippen molar-refractivity contribution in [2.24, 2.45) is 4.99 Å². The highest BCUT2D eigenvalue weighted by atomic mass is 16.3. The Morgan fingerprint density at radius 1 is 1.00 bits per heavy atom. The van der Waals surface area contributed by atoms with Crippen molar-refractivity contribution in [3.63, 3.8) is 0 Å². The van der Waals surface area contributed by atoms with E-state index in [1.807, 2.05) is 6.92 Å². The van der Waals surface area contributed by atoms with E-state index in [0.29, 0.717) is 0 Å². The molecule has 0 fully saturated rings. The normalized spacial score (nSPS) is 13.5. The van der Waals surface area contributed by atoms with Gasteiger partial charge in [0.2, 0.25) is 0 Å². The molecule has 0 aromatic rings. The highest BCUT2D eigenvalue weighted by Gasteiger charge is 1.98. The van der Waals surface area contributed by atoms with Crippen molar-refractivity contribution in [2.45, 2.75) is 77.9 Å². The van der Waals surface area contributed by atoms with Gasteiger partial charge in [0.1, 0.15) is 6.23 Å². The van der Waals surface area contributed by atoms with Crippen LogP contribution in [0.15, 0.2) is 4.99 Å². The maximum atomic E-state index is 9.42. The second kappa shape index (κ2) is 11.7. The molecule has 0 heterocycles. The Balaban J connectivity index is 3.12. The fourth-order valence-electron chi connectivity index (χ4n) is 1.59. The first-order chi connectivity index (χ1) is 7.31. The average molecular weight is 213 g/mol. The Kier molecular flexibility index (Phi) is 11.4. The number of aliphatic imine (C=N–C) groups is 1. The molecule has 0 amide bonds. The third kappa shape index (κ3) is 11.6. The first-order valence-corrected chi connectivity index (χ1v) is 6.51. The molecule has 15 heavy (non-hydrogen) atoms. The van der Waals surface area contributed by atoms with Gasteiger partial charge in [-0.1, -0.05) is 52.4 Å². The molecule has 0 bridgehead atoms. The minimum atomic E-state index is -0.458. The molecular formula is C13H27NO. The van der Waals surface area contributed by atoms with E-state index < -0.39 is 6.23 Å². The van der Waals surface area contributed by atoms with Crippen molar-refractivity contribution in [1.82, 2.24) is 0 Å². The Bertz CT molecular complexity index is 145. The second-order valence-corrected chi connectivity index (χ2v) is 4.13. The van der Waals surface area contributed by atoms with Crippen LogP contribution in [-0.2, 0) is 0 Å². The molecule has 0 aliphatic rings. The van der Waals surface area contributed by atoms with Crippen LogP contribution in [0.4, 0.5) is 0 Å². The lowest BCUT2D eigenvalue weighted by Gasteiger charge is -2.04. The van der Waals surface area contributed by atoms with Gasteiger partial charge in [-0.2, -0.15) is 0 Å². The van der Waals surface area contributed by atoms with E-state index in [-0.39, 0.29) is 0 Å². The zero-order valence-corrected chi connectivity index (χ0v) is 10.4. The van der Waals surface area contributed by atoms with Gasteiger partial charge >= 0.3 is 0 Å². The molecule has 0 radical (unpaired) electrons. The molecule has 1 atom stereocenters. The number of nitrogens with zero attached hydrogens (tertiary/aromatic N) is 1. The van der Waals surface area contributed by atoms with Crippen LogP contribution in [0.5, 0.6) is 0 Å². The van der Waals surface area contributed by atoms with Crippen molar-refractivity contribution in [1.29, 1.82) is 0 Å². The van der Waals surface area contributed by atoms with Crippen molar-refractivity contribution < 1.29 is 5.11 Å². The van der Waals surface area contributed by atoms with E-state index in [4.69, 9.17) is 0 Å². The minimum absolute atomic E-state index is 0.458. The van der Waals surface area contributed by atoms with Crippen molar-refractivity contribution in [2.75, 3.05) is 0 Å². The van der Waals surface area contributed by atoms with Crippen LogP contribution < -0.4 is 0 Å². The fourth-order valence-corrected chi connectivity index (χ4v) is 1.59. The molecule has 1 N–H and O–H groups in total. The largest absolute Gasteiger partial charge is 0.372 e. The van der Waals surface area contributed by atoms with Crippen molar-refractivity contribution in [3.8, 4) is 0 Å². The molecule has 0 aliphatic heterocycles. The third-order valence-electron chi connectivity index (χ3n) is 2.53. The van der Waals surface area contributed by atoms with Crippen molar-refractivity contribution >= 4 is 6.21 Å². The lowest BCUT2D eigenvalue weighted by Crippen LogP contribution is -2.02. The fraction of sp³-hybridized carbons (Fsp3) is 0.923. The number of aliphatic hydroxyl groups is 1. The molecule has 0 aliphatic carbocycles. The average Bonchev–Trinajstić information content (AvgIpc) is 2.25. The monoisotopic (exact) mass is 213 g/mol. The molecule has 0 rings (SSSR count). The summed E-state index contributed by atoms with van der Waals surface area (Å²) in [4.78, 5) is 4.02. The quantitative estimate of drug-likeness (QED) is 0.433. The van der Waals surface area contributed by atoms with Gasteiger partial charge < -0.3 is 5.11 Å². The summed E-state index contributed by atoms with van der Waals surface area (Å²) in [5.41, 5.74) is 0. The predicted molar refractivity (Wildman–Crippen MR) is 67.4 cm³/mol. The molecular weight excluding hydrogens is 186 g/mol. The van der Waals surface area contributed by atoms with Gasteiger partial charge in [-0.05, 0) is 19.3 Å². The van der Waals surface area contributed by atoms with E-state index in [1.54, 1.807) is 6.21 Å². The lowest BCUT2D eigenvalue weighted by atomic mass is 10.1. The van der Waals surface area contributed by atoms with Crippen LogP contribution in [0.3, 0.4) is 0 Å². The standard InChI is InChI=1S/C13H27NO/c1-3-5-6-7-8-9-10-11-13(15)14-12-4-2/h12-13,15H,3-11H2,1-2H3. The third-order valence-corrected chi connectivity index (χ3v) is 2.53. The Morgan fingerprint density at radius 2 is 1.60 bits per heavy atom. The molecule has 0 aromatic carbocycles. The number of rotatable bonds is 10. The number of hydrogen-bond donors (Lipinski definition) is 1. The first kappa shape index (κ1) is 14.6. The van der Waals surface area contributed by atoms with Crippen molar-refractivity contribution in [3.05, 3.63) is 0 Å². The molecule has 0 saturated heterocycles. The molecule has 0 aromatic heterocycles. The summed E-state index contributed by atoms with van der Waals surface area (Å²) in [6, 6.07) is 0. The molecule has 1 unspecified atom stereocenters. The lowest BCUT2D eigenvalue weighted by molar-refractivity contribution is 0.171. The smallest absolute Gasteiger partial charge is 0.144 e. The van der Waals surface area contributed by atoms with E-state index in [2.05, 4.69) is 11.9 Å². The van der Waals surface area contributed by atoms with Crippen LogP contribution in [0, 0.1) is 0 Å². The summed E-state index contributed by atoms with van der Waals surface area (Å²) < 4.78 is 0. The van der Waals surface area contributed by atoms with Crippen LogP contribution in [0.1, 0.15) is 71.6 Å². The topological polar surface area (TPSA) is 32.6 Å². The van der Waals surface area contributed by atoms with Gasteiger partial charge in [0, 0.05) is 6.21 Å². The van der Waals surface area contributed by atoms with Gasteiger partial charge in [-0.25, -0.2) is 0 Å². The summed E-state index contributed by atoms with van der Waals surface area (Å²) >= 11 is 0. The van der Waals surface area contributed by atoms with Gasteiger partial charge in [-0.3, -0.25) is 4.99 Å². The summed E-state index contributed by atoms with van der Waals surface area (Å²) in [5, 5.41) is 9.42. The molecule has 0 spiro atoms. The highest BCUT2D eigenvalue weighted by molar-refractivity contribution is 5.56. The molecule has 0 saturated carbocycles. The van der Waals surface area contributed by atoms with E-state index in [9.17, 15) is 5.11 Å². The number of aliphatic hydroxyl groups excluding tert-OH is 1. The Labute approximate surface area is 94.8 Å². The molecule has 2 nitrogen and oxygen atoms in total. The molecule has 90 valence electrons. The van der Waals surface area contributed by atoms with Crippen LogP contribution in [0.2, 0.25) is 0 Å². The van der Waals surface area contributed by atoms with E-state index >= 15 is 0 Å². The zero-order chi connectivity index (χ0) is 11.4. The maximum Gasteiger partial charge on any atom is 0.144 e. The summed E-state index contributed by atoms with van der Waals surface area (Å²) in [5.74, 6) is 0. The van der Waals surface area contributed by atoms with Crippen LogP contribution in [0.25, 0.3) is 0 Å². The van der Waals surface area contributed by atoms with Crippen LogP contribution in [-0.4, -0.2) is 17.5 Å². The van der Waals surface area contributed by atoms with Gasteiger partial charge in [0.05, 0.1) is 0 Å². The minimum Gasteiger partial charge on any atom is -0.372 e. The Hall–Kier alpha value is -0.370. The van der Waals surface area contributed by atoms with E-state index in [0.717, 1.165) is 19.3 Å².